The van der Waals surface area contributed by atoms with Crippen molar-refractivity contribution in [3.63, 3.8) is 0 Å². The van der Waals surface area contributed by atoms with Crippen molar-refractivity contribution >= 4 is 17.7 Å². The molecule has 7 heteroatoms. The third-order valence-corrected chi connectivity index (χ3v) is 2.55. The highest BCUT2D eigenvalue weighted by atomic mass is 16.6. The Bertz CT molecular complexity index is 462. The van der Waals surface area contributed by atoms with E-state index in [1.54, 1.807) is 0 Å². The molecule has 0 unspecified atom stereocenters. The summed E-state index contributed by atoms with van der Waals surface area (Å²) in [5, 5.41) is 0. The number of esters is 2. The molecule has 1 rings (SSSR count). The molecule has 0 aromatic heterocycles. The molecule has 0 atom stereocenters. The van der Waals surface area contributed by atoms with Crippen molar-refractivity contribution < 1.29 is 33.3 Å². The highest BCUT2D eigenvalue weighted by Crippen LogP contribution is 2.17. The van der Waals surface area contributed by atoms with Gasteiger partial charge in [-0.2, -0.15) is 0 Å². The molecular formula is C14H18O7. The molecule has 116 valence electrons. The average molecular weight is 298 g/mol. The lowest BCUT2D eigenvalue weighted by Crippen LogP contribution is -2.19. The van der Waals surface area contributed by atoms with E-state index in [0.717, 1.165) is 6.08 Å². The topological polar surface area (TPSA) is 88.1 Å². The lowest BCUT2D eigenvalue weighted by atomic mass is 9.98. The predicted molar refractivity (Wildman–Crippen MR) is 71.5 cm³/mol. The van der Waals surface area contributed by atoms with E-state index in [-0.39, 0.29) is 49.8 Å². The first kappa shape index (κ1) is 17.1. The predicted octanol–water partition coefficient (Wildman–Crippen LogP) is 0.191. The minimum Gasteiger partial charge on any atom is -0.460 e. The molecule has 1 aliphatic rings. The van der Waals surface area contributed by atoms with E-state index in [9.17, 15) is 14.4 Å². The van der Waals surface area contributed by atoms with Gasteiger partial charge in [-0.1, -0.05) is 0 Å². The Labute approximate surface area is 122 Å². The van der Waals surface area contributed by atoms with E-state index >= 15 is 0 Å². The molecule has 0 N–H and O–H groups in total. The lowest BCUT2D eigenvalue weighted by Gasteiger charge is -2.12. The van der Waals surface area contributed by atoms with Gasteiger partial charge in [0.25, 0.3) is 0 Å². The fraction of sp³-hybridized carbons (Fsp3) is 0.500. The molecule has 0 aliphatic heterocycles. The third-order valence-electron chi connectivity index (χ3n) is 2.55. The van der Waals surface area contributed by atoms with Crippen LogP contribution in [-0.2, 0) is 33.3 Å². The zero-order valence-corrected chi connectivity index (χ0v) is 12.0. The molecule has 0 aromatic carbocycles. The van der Waals surface area contributed by atoms with Crippen LogP contribution in [-0.4, -0.2) is 58.4 Å². The maximum atomic E-state index is 11.7. The summed E-state index contributed by atoms with van der Waals surface area (Å²) < 4.78 is 19.3. The van der Waals surface area contributed by atoms with Crippen molar-refractivity contribution in [1.82, 2.24) is 0 Å². The van der Waals surface area contributed by atoms with Crippen LogP contribution in [0.3, 0.4) is 0 Å². The Morgan fingerprint density at radius 1 is 0.952 bits per heavy atom. The van der Waals surface area contributed by atoms with Crippen molar-refractivity contribution in [3.8, 4) is 0 Å². The molecular weight excluding hydrogens is 280 g/mol. The van der Waals surface area contributed by atoms with Gasteiger partial charge in [-0.25, -0.2) is 9.59 Å². The Balaban J connectivity index is 2.65. The van der Waals surface area contributed by atoms with Gasteiger partial charge >= 0.3 is 11.9 Å². The van der Waals surface area contributed by atoms with Gasteiger partial charge in [0.1, 0.15) is 13.2 Å². The summed E-state index contributed by atoms with van der Waals surface area (Å²) in [6.45, 7) is 0.665. The van der Waals surface area contributed by atoms with Crippen molar-refractivity contribution in [2.45, 2.75) is 6.42 Å². The van der Waals surface area contributed by atoms with Crippen molar-refractivity contribution in [2.75, 3.05) is 40.6 Å². The van der Waals surface area contributed by atoms with Crippen LogP contribution in [0.25, 0.3) is 0 Å². The van der Waals surface area contributed by atoms with Crippen LogP contribution >= 0.6 is 0 Å². The average Bonchev–Trinajstić information content (AvgIpc) is 2.47. The molecule has 7 nitrogen and oxygen atoms in total. The summed E-state index contributed by atoms with van der Waals surface area (Å²) in [5.74, 6) is -1.67. The zero-order valence-electron chi connectivity index (χ0n) is 12.0. The zero-order chi connectivity index (χ0) is 15.7. The van der Waals surface area contributed by atoms with Crippen LogP contribution < -0.4 is 0 Å². The van der Waals surface area contributed by atoms with E-state index in [2.05, 4.69) is 0 Å². The number of carbonyl (C=O) groups is 3. The van der Waals surface area contributed by atoms with Crippen LogP contribution in [0, 0.1) is 0 Å². The molecule has 0 spiro atoms. The van der Waals surface area contributed by atoms with Crippen LogP contribution in [0.4, 0.5) is 0 Å². The maximum Gasteiger partial charge on any atom is 0.338 e. The quantitative estimate of drug-likeness (QED) is 0.467. The summed E-state index contributed by atoms with van der Waals surface area (Å²) in [4.78, 5) is 35.1. The number of allylic oxidation sites excluding steroid dienone is 1. The van der Waals surface area contributed by atoms with Gasteiger partial charge in [0.15, 0.2) is 5.78 Å². The minimum atomic E-state index is -0.678. The number of rotatable bonds is 8. The smallest absolute Gasteiger partial charge is 0.338 e. The van der Waals surface area contributed by atoms with Crippen molar-refractivity contribution in [1.29, 1.82) is 0 Å². The fourth-order valence-electron chi connectivity index (χ4n) is 1.55. The van der Waals surface area contributed by atoms with Crippen LogP contribution in [0.2, 0.25) is 0 Å². The van der Waals surface area contributed by atoms with Crippen LogP contribution in [0.5, 0.6) is 0 Å². The molecule has 0 radical (unpaired) electrons. The SMILES string of the molecule is COCCOC(=O)C1=CC(=O)CC(C(=O)OCCOC)=C1. The lowest BCUT2D eigenvalue weighted by molar-refractivity contribution is -0.141. The Morgan fingerprint density at radius 2 is 1.52 bits per heavy atom. The van der Waals surface area contributed by atoms with Gasteiger partial charge in [-0.05, 0) is 12.2 Å². The molecule has 0 heterocycles. The molecule has 0 bridgehead atoms. The molecule has 21 heavy (non-hydrogen) atoms. The standard InChI is InChI=1S/C14H18O7/c1-18-3-5-20-13(16)10-7-11(9-12(15)8-10)14(17)21-6-4-19-2/h7-8H,3-6,9H2,1-2H3. The normalized spacial score (nSPS) is 14.3. The van der Waals surface area contributed by atoms with Crippen molar-refractivity contribution in [2.24, 2.45) is 0 Å². The number of methoxy groups -OCH3 is 2. The second-order valence-corrected chi connectivity index (χ2v) is 4.17. The Hall–Kier alpha value is -1.99. The van der Waals surface area contributed by atoms with Crippen LogP contribution in [0.15, 0.2) is 23.3 Å². The highest BCUT2D eigenvalue weighted by Gasteiger charge is 2.23. The summed E-state index contributed by atoms with van der Waals surface area (Å²) in [6.07, 6.45) is 2.37. The highest BCUT2D eigenvalue weighted by molar-refractivity contribution is 6.09. The molecule has 0 amide bonds. The Kier molecular flexibility index (Phi) is 7.34. The summed E-state index contributed by atoms with van der Waals surface area (Å²) >= 11 is 0. The van der Waals surface area contributed by atoms with Crippen molar-refractivity contribution in [3.05, 3.63) is 23.3 Å². The molecule has 0 saturated carbocycles. The van der Waals surface area contributed by atoms with Gasteiger partial charge < -0.3 is 18.9 Å². The summed E-state index contributed by atoms with van der Waals surface area (Å²) in [5.41, 5.74) is 0.151. The maximum absolute atomic E-state index is 11.7. The molecule has 1 aliphatic carbocycles. The van der Waals surface area contributed by atoms with Gasteiger partial charge in [-0.3, -0.25) is 4.79 Å². The van der Waals surface area contributed by atoms with Gasteiger partial charge in [-0.15, -0.1) is 0 Å². The van der Waals surface area contributed by atoms with Crippen LogP contribution in [0.1, 0.15) is 6.42 Å². The number of hydrogen-bond acceptors (Lipinski definition) is 7. The monoisotopic (exact) mass is 298 g/mol. The second-order valence-electron chi connectivity index (χ2n) is 4.17. The van der Waals surface area contributed by atoms with E-state index in [1.807, 2.05) is 0 Å². The van der Waals surface area contributed by atoms with E-state index in [4.69, 9.17) is 18.9 Å². The first-order valence-electron chi connectivity index (χ1n) is 6.35. The fourth-order valence-corrected chi connectivity index (χ4v) is 1.55. The number of ether oxygens (including phenoxy) is 4. The van der Waals surface area contributed by atoms with Gasteiger partial charge in [0, 0.05) is 26.2 Å². The molecule has 0 saturated heterocycles. The van der Waals surface area contributed by atoms with E-state index in [0.29, 0.717) is 0 Å². The summed E-state index contributed by atoms with van der Waals surface area (Å²) in [6, 6.07) is 0. The Morgan fingerprint density at radius 3 is 2.10 bits per heavy atom. The largest absolute Gasteiger partial charge is 0.460 e. The minimum absolute atomic E-state index is 0.0287. The second kappa shape index (κ2) is 9.04. The van der Waals surface area contributed by atoms with Gasteiger partial charge in [0.05, 0.1) is 18.8 Å². The van der Waals surface area contributed by atoms with Gasteiger partial charge in [0.2, 0.25) is 0 Å². The first-order valence-corrected chi connectivity index (χ1v) is 6.35. The third kappa shape index (κ3) is 5.88. The molecule has 0 fully saturated rings. The number of carbonyl (C=O) groups excluding carboxylic acids is 3. The number of hydrogen-bond donors (Lipinski definition) is 0. The summed E-state index contributed by atoms with van der Waals surface area (Å²) in [7, 11) is 2.96. The van der Waals surface area contributed by atoms with E-state index < -0.39 is 11.9 Å². The van der Waals surface area contributed by atoms with E-state index in [1.165, 1.54) is 20.3 Å². The molecule has 0 aromatic rings. The first-order chi connectivity index (χ1) is 10.1. The number of ketones is 1.